The van der Waals surface area contributed by atoms with Gasteiger partial charge in [-0.15, -0.1) is 0 Å². The fourth-order valence-corrected chi connectivity index (χ4v) is 2.48. The van der Waals surface area contributed by atoms with E-state index in [9.17, 15) is 18.0 Å². The van der Waals surface area contributed by atoms with Gasteiger partial charge in [-0.2, -0.15) is 18.3 Å². The minimum Gasteiger partial charge on any atom is -0.302 e. The van der Waals surface area contributed by atoms with Crippen molar-refractivity contribution in [3.8, 4) is 0 Å². The Kier molecular flexibility index (Phi) is 6.19. The van der Waals surface area contributed by atoms with Crippen LogP contribution in [-0.2, 0) is 24.2 Å². The van der Waals surface area contributed by atoms with E-state index in [2.05, 4.69) is 26.3 Å². The lowest BCUT2D eigenvalue weighted by Crippen LogP contribution is -2.33. The highest BCUT2D eigenvalue weighted by Gasteiger charge is 2.26. The molecule has 1 aromatic heterocycles. The highest BCUT2D eigenvalue weighted by molar-refractivity contribution is 9.10. The summed E-state index contributed by atoms with van der Waals surface area (Å²) in [5.74, 6) is -0.299. The number of alkyl halides is 3. The second-order valence-electron chi connectivity index (χ2n) is 4.31. The molecule has 1 heterocycles. The van der Waals surface area contributed by atoms with E-state index in [0.717, 1.165) is 16.6 Å². The van der Waals surface area contributed by atoms with Gasteiger partial charge in [0.25, 0.3) is 0 Å². The molecule has 1 rings (SSSR count). The van der Waals surface area contributed by atoms with Gasteiger partial charge in [0.05, 0.1) is 35.4 Å². The van der Waals surface area contributed by atoms with Crippen molar-refractivity contribution in [1.29, 1.82) is 0 Å². The predicted octanol–water partition coefficient (Wildman–Crippen LogP) is 2.49. The van der Waals surface area contributed by atoms with E-state index in [0.29, 0.717) is 12.2 Å². The van der Waals surface area contributed by atoms with Gasteiger partial charge in [0.1, 0.15) is 0 Å². The van der Waals surface area contributed by atoms with Crippen LogP contribution in [0.25, 0.3) is 0 Å². The predicted molar refractivity (Wildman–Crippen MR) is 72.6 cm³/mol. The summed E-state index contributed by atoms with van der Waals surface area (Å²) in [7, 11) is 0. The maximum Gasteiger partial charge on any atom is 0.401 e. The third-order valence-corrected chi connectivity index (χ3v) is 3.62. The van der Waals surface area contributed by atoms with Crippen LogP contribution in [0.1, 0.15) is 25.2 Å². The molecular weight excluding hydrogens is 339 g/mol. The van der Waals surface area contributed by atoms with Crippen LogP contribution in [0.2, 0.25) is 0 Å². The average molecular weight is 356 g/mol. The van der Waals surface area contributed by atoms with Gasteiger partial charge >= 0.3 is 6.18 Å². The molecule has 0 aromatic carbocycles. The highest BCUT2D eigenvalue weighted by atomic mass is 79.9. The monoisotopic (exact) mass is 355 g/mol. The molecule has 20 heavy (non-hydrogen) atoms. The number of carbonyl (C=O) groups excluding carboxylic acids is 1. The molecule has 8 heteroatoms. The van der Waals surface area contributed by atoms with Gasteiger partial charge in [-0.1, -0.05) is 6.92 Å². The molecule has 0 fully saturated rings. The third-order valence-electron chi connectivity index (χ3n) is 2.71. The Hall–Kier alpha value is -0.890. The topological polar surface area (TPSA) is 46.9 Å². The average Bonchev–Trinajstić information content (AvgIpc) is 2.64. The van der Waals surface area contributed by atoms with Crippen LogP contribution < -0.4 is 5.32 Å². The van der Waals surface area contributed by atoms with E-state index in [-0.39, 0.29) is 18.7 Å². The molecule has 1 N–H and O–H groups in total. The zero-order valence-electron chi connectivity index (χ0n) is 11.4. The summed E-state index contributed by atoms with van der Waals surface area (Å²) in [6, 6.07) is 0. The molecule has 0 atom stereocenters. The van der Waals surface area contributed by atoms with Crippen LogP contribution in [0, 0.1) is 0 Å². The molecule has 0 saturated heterocycles. The third kappa shape index (κ3) is 4.90. The molecule has 0 aliphatic carbocycles. The van der Waals surface area contributed by atoms with Crippen LogP contribution in [0.15, 0.2) is 4.47 Å². The van der Waals surface area contributed by atoms with Crippen molar-refractivity contribution in [3.05, 3.63) is 15.9 Å². The number of Topliss-reactive ketones (excluding diaryl/α,β-unsaturated/α-hetero) is 1. The molecule has 0 aliphatic heterocycles. The van der Waals surface area contributed by atoms with Crippen molar-refractivity contribution >= 4 is 21.7 Å². The number of carbonyl (C=O) groups is 1. The van der Waals surface area contributed by atoms with Crippen molar-refractivity contribution in [2.75, 3.05) is 13.1 Å². The molecule has 4 nitrogen and oxygen atoms in total. The van der Waals surface area contributed by atoms with E-state index < -0.39 is 12.7 Å². The van der Waals surface area contributed by atoms with Crippen molar-refractivity contribution in [2.24, 2.45) is 0 Å². The Bertz CT molecular complexity index is 471. The Morgan fingerprint density at radius 2 is 2.05 bits per heavy atom. The lowest BCUT2D eigenvalue weighted by molar-refractivity contribution is -0.127. The summed E-state index contributed by atoms with van der Waals surface area (Å²) >= 11 is 3.40. The number of hydrogen-bond acceptors (Lipinski definition) is 3. The fraction of sp³-hybridized carbons (Fsp3) is 0.667. The van der Waals surface area contributed by atoms with Crippen molar-refractivity contribution in [2.45, 2.75) is 39.4 Å². The van der Waals surface area contributed by atoms with E-state index in [1.54, 1.807) is 4.68 Å². The van der Waals surface area contributed by atoms with Gasteiger partial charge in [-0.05, 0) is 29.3 Å². The molecule has 0 bridgehead atoms. The Balaban J connectivity index is 2.64. The second kappa shape index (κ2) is 7.21. The number of nitrogens with one attached hydrogen (secondary N) is 1. The van der Waals surface area contributed by atoms with Crippen LogP contribution in [0.4, 0.5) is 13.2 Å². The number of ketones is 1. The van der Waals surface area contributed by atoms with Gasteiger partial charge < -0.3 is 5.32 Å². The molecular formula is C12H17BrF3N3O. The Morgan fingerprint density at radius 1 is 1.40 bits per heavy atom. The van der Waals surface area contributed by atoms with Crippen LogP contribution in [-0.4, -0.2) is 34.8 Å². The summed E-state index contributed by atoms with van der Waals surface area (Å²) in [5, 5.41) is 6.44. The lowest BCUT2D eigenvalue weighted by Gasteiger charge is -2.08. The number of aryl methyl sites for hydroxylation is 2. The minimum atomic E-state index is -4.30. The summed E-state index contributed by atoms with van der Waals surface area (Å²) in [6.45, 7) is 2.99. The molecule has 0 amide bonds. The summed E-state index contributed by atoms with van der Waals surface area (Å²) in [6.07, 6.45) is -3.52. The molecule has 0 unspecified atom stereocenters. The van der Waals surface area contributed by atoms with Gasteiger partial charge in [0.15, 0.2) is 5.78 Å². The molecule has 0 radical (unpaired) electrons. The Morgan fingerprint density at radius 3 is 2.55 bits per heavy atom. The Labute approximate surface area is 123 Å². The zero-order chi connectivity index (χ0) is 15.3. The lowest BCUT2D eigenvalue weighted by atomic mass is 10.2. The first-order valence-electron chi connectivity index (χ1n) is 6.31. The van der Waals surface area contributed by atoms with Crippen LogP contribution >= 0.6 is 15.9 Å². The summed E-state index contributed by atoms with van der Waals surface area (Å²) in [4.78, 5) is 11.7. The maximum atomic E-state index is 12.0. The number of nitrogens with zero attached hydrogens (tertiary/aromatic N) is 2. The van der Waals surface area contributed by atoms with Gasteiger partial charge in [0.2, 0.25) is 0 Å². The van der Waals surface area contributed by atoms with Gasteiger partial charge in [0, 0.05) is 6.54 Å². The van der Waals surface area contributed by atoms with Crippen LogP contribution in [0.5, 0.6) is 0 Å². The highest BCUT2D eigenvalue weighted by Crippen LogP contribution is 2.23. The number of aromatic nitrogens is 2. The van der Waals surface area contributed by atoms with E-state index in [1.807, 2.05) is 13.8 Å². The van der Waals surface area contributed by atoms with Gasteiger partial charge in [-0.3, -0.25) is 9.48 Å². The number of hydrogen-bond donors (Lipinski definition) is 1. The van der Waals surface area contributed by atoms with E-state index in [4.69, 9.17) is 0 Å². The number of halogens is 4. The standard InChI is InChI=1S/C12H17BrF3N3O/c1-3-9-11(13)10(19(4-2)18-9)5-8(20)6-17-7-12(14,15)16/h17H,3-7H2,1-2H3. The SMILES string of the molecule is CCc1nn(CC)c(CC(=O)CNCC(F)(F)F)c1Br. The normalized spacial score (nSPS) is 11.9. The quantitative estimate of drug-likeness (QED) is 0.817. The van der Waals surface area contributed by atoms with Crippen molar-refractivity contribution in [3.63, 3.8) is 0 Å². The molecule has 0 saturated carbocycles. The zero-order valence-corrected chi connectivity index (χ0v) is 12.9. The van der Waals surface area contributed by atoms with Crippen molar-refractivity contribution < 1.29 is 18.0 Å². The van der Waals surface area contributed by atoms with E-state index >= 15 is 0 Å². The first kappa shape index (κ1) is 17.2. The molecule has 0 aliphatic rings. The first-order chi connectivity index (χ1) is 9.28. The molecule has 1 aromatic rings. The molecule has 114 valence electrons. The van der Waals surface area contributed by atoms with Crippen molar-refractivity contribution in [1.82, 2.24) is 15.1 Å². The second-order valence-corrected chi connectivity index (χ2v) is 5.10. The van der Waals surface area contributed by atoms with Crippen LogP contribution in [0.3, 0.4) is 0 Å². The molecule has 0 spiro atoms. The maximum absolute atomic E-state index is 12.0. The summed E-state index contributed by atoms with van der Waals surface area (Å²) < 4.78 is 38.4. The fourth-order valence-electron chi connectivity index (χ4n) is 1.78. The number of rotatable bonds is 7. The first-order valence-corrected chi connectivity index (χ1v) is 7.11. The van der Waals surface area contributed by atoms with E-state index in [1.165, 1.54) is 0 Å². The summed E-state index contributed by atoms with van der Waals surface area (Å²) in [5.41, 5.74) is 1.56. The smallest absolute Gasteiger partial charge is 0.302 e. The minimum absolute atomic E-state index is 0.0618. The van der Waals surface area contributed by atoms with Gasteiger partial charge in [-0.25, -0.2) is 0 Å². The largest absolute Gasteiger partial charge is 0.401 e.